The van der Waals surface area contributed by atoms with Gasteiger partial charge in [-0.1, -0.05) is 114 Å². The van der Waals surface area contributed by atoms with E-state index in [0.29, 0.717) is 11.8 Å². The summed E-state index contributed by atoms with van der Waals surface area (Å²) in [5.41, 5.74) is 14.4. The lowest BCUT2D eigenvalue weighted by Gasteiger charge is -2.26. The Morgan fingerprint density at radius 1 is 0.717 bits per heavy atom. The van der Waals surface area contributed by atoms with Gasteiger partial charge in [-0.25, -0.2) is 4.98 Å². The SMILES string of the molecule is C1=CC2=C(CC1)Cc1ccc(-c3nccn3-c3c(C4CCCC4)cc(-c4ccccc4)cc3C3CCCC3)cc12.CC(C)C(C)C. The fourth-order valence-electron chi connectivity index (χ4n) is 8.07. The molecule has 46 heavy (non-hydrogen) atoms. The van der Waals surface area contributed by atoms with E-state index in [-0.39, 0.29) is 0 Å². The molecule has 2 fully saturated rings. The van der Waals surface area contributed by atoms with E-state index < -0.39 is 0 Å². The van der Waals surface area contributed by atoms with E-state index >= 15 is 0 Å². The van der Waals surface area contributed by atoms with E-state index in [1.807, 2.05) is 6.20 Å². The molecule has 0 N–H and O–H groups in total. The lowest BCUT2D eigenvalue weighted by atomic mass is 9.84. The van der Waals surface area contributed by atoms with Crippen molar-refractivity contribution in [1.82, 2.24) is 9.55 Å². The number of rotatable bonds is 6. The number of nitrogens with zero attached hydrogens (tertiary/aromatic N) is 2. The Balaban J connectivity index is 0.000000517. The molecule has 0 bridgehead atoms. The molecule has 1 heterocycles. The van der Waals surface area contributed by atoms with Crippen LogP contribution in [0, 0.1) is 11.8 Å². The van der Waals surface area contributed by atoms with Gasteiger partial charge in [-0.15, -0.1) is 0 Å². The van der Waals surface area contributed by atoms with Crippen LogP contribution in [0.15, 0.2) is 90.8 Å². The van der Waals surface area contributed by atoms with Crippen LogP contribution in [0.3, 0.4) is 0 Å². The van der Waals surface area contributed by atoms with Crippen LogP contribution < -0.4 is 0 Å². The summed E-state index contributed by atoms with van der Waals surface area (Å²) in [5, 5.41) is 0. The zero-order valence-electron chi connectivity index (χ0n) is 28.6. The maximum absolute atomic E-state index is 5.04. The number of aromatic nitrogens is 2. The number of hydrogen-bond acceptors (Lipinski definition) is 1. The van der Waals surface area contributed by atoms with E-state index in [2.05, 4.69) is 111 Å². The highest BCUT2D eigenvalue weighted by molar-refractivity contribution is 5.86. The third kappa shape index (κ3) is 6.20. The Hall–Kier alpha value is -3.65. The monoisotopic (exact) mass is 608 g/mol. The van der Waals surface area contributed by atoms with Gasteiger partial charge in [0.1, 0.15) is 5.82 Å². The smallest absolute Gasteiger partial charge is 0.144 e. The first-order chi connectivity index (χ1) is 22.5. The van der Waals surface area contributed by atoms with Crippen molar-refractivity contribution in [2.45, 2.75) is 110 Å². The Labute approximate surface area is 277 Å². The summed E-state index contributed by atoms with van der Waals surface area (Å²) in [5.74, 6) is 4.03. The van der Waals surface area contributed by atoms with Crippen LogP contribution in [0.1, 0.15) is 126 Å². The minimum Gasteiger partial charge on any atom is -0.299 e. The molecular weight excluding hydrogens is 556 g/mol. The fourth-order valence-corrected chi connectivity index (χ4v) is 8.07. The van der Waals surface area contributed by atoms with Gasteiger partial charge < -0.3 is 0 Å². The maximum atomic E-state index is 5.04. The van der Waals surface area contributed by atoms with E-state index in [1.54, 1.807) is 16.7 Å². The molecule has 0 radical (unpaired) electrons. The Morgan fingerprint density at radius 3 is 2.00 bits per heavy atom. The third-order valence-electron chi connectivity index (χ3n) is 11.4. The lowest BCUT2D eigenvalue weighted by molar-refractivity contribution is 0.457. The van der Waals surface area contributed by atoms with Crippen molar-refractivity contribution in [3.05, 3.63) is 113 Å². The van der Waals surface area contributed by atoms with Gasteiger partial charge in [-0.2, -0.15) is 0 Å². The van der Waals surface area contributed by atoms with Gasteiger partial charge in [0.25, 0.3) is 0 Å². The first-order valence-electron chi connectivity index (χ1n) is 18.3. The van der Waals surface area contributed by atoms with E-state index in [1.165, 1.54) is 103 Å². The highest BCUT2D eigenvalue weighted by Gasteiger charge is 2.30. The molecule has 0 spiro atoms. The molecule has 4 aliphatic rings. The van der Waals surface area contributed by atoms with E-state index in [4.69, 9.17) is 4.98 Å². The summed E-state index contributed by atoms with van der Waals surface area (Å²) in [6.07, 6.45) is 23.0. The summed E-state index contributed by atoms with van der Waals surface area (Å²) in [7, 11) is 0. The molecule has 0 amide bonds. The molecule has 4 aliphatic carbocycles. The summed E-state index contributed by atoms with van der Waals surface area (Å²) >= 11 is 0. The van der Waals surface area contributed by atoms with Crippen molar-refractivity contribution in [3.63, 3.8) is 0 Å². The number of allylic oxidation sites excluding steroid dienone is 4. The quantitative estimate of drug-likeness (QED) is 0.213. The van der Waals surface area contributed by atoms with Gasteiger partial charge in [0.05, 0.1) is 5.69 Å². The number of hydrogen-bond donors (Lipinski definition) is 0. The number of imidazole rings is 1. The van der Waals surface area contributed by atoms with E-state index in [9.17, 15) is 0 Å². The first-order valence-corrected chi connectivity index (χ1v) is 18.3. The second-order valence-corrected chi connectivity index (χ2v) is 14.9. The molecule has 0 aliphatic heterocycles. The molecule has 0 saturated heterocycles. The molecule has 0 unspecified atom stereocenters. The normalized spacial score (nSPS) is 18.0. The molecule has 2 nitrogen and oxygen atoms in total. The predicted molar refractivity (Wildman–Crippen MR) is 196 cm³/mol. The topological polar surface area (TPSA) is 17.8 Å². The Morgan fingerprint density at radius 2 is 1.37 bits per heavy atom. The molecule has 3 aromatic carbocycles. The molecule has 0 atom stereocenters. The van der Waals surface area contributed by atoms with Crippen LogP contribution in [-0.4, -0.2) is 9.55 Å². The zero-order valence-corrected chi connectivity index (χ0v) is 28.6. The molecule has 2 saturated carbocycles. The molecule has 238 valence electrons. The zero-order chi connectivity index (χ0) is 31.6. The van der Waals surface area contributed by atoms with Gasteiger partial charge in [0.15, 0.2) is 0 Å². The first kappa shape index (κ1) is 31.0. The van der Waals surface area contributed by atoms with Crippen LogP contribution in [-0.2, 0) is 6.42 Å². The van der Waals surface area contributed by atoms with Crippen molar-refractivity contribution in [1.29, 1.82) is 0 Å². The largest absolute Gasteiger partial charge is 0.299 e. The summed E-state index contributed by atoms with van der Waals surface area (Å²) in [4.78, 5) is 5.04. The van der Waals surface area contributed by atoms with Gasteiger partial charge in [0, 0.05) is 18.0 Å². The fraction of sp³-hybridized carbons (Fsp3) is 0.432. The van der Waals surface area contributed by atoms with Crippen LogP contribution in [0.5, 0.6) is 0 Å². The van der Waals surface area contributed by atoms with E-state index in [0.717, 1.165) is 24.1 Å². The van der Waals surface area contributed by atoms with Crippen molar-refractivity contribution >= 4 is 5.57 Å². The van der Waals surface area contributed by atoms with Crippen molar-refractivity contribution < 1.29 is 0 Å². The van der Waals surface area contributed by atoms with Crippen molar-refractivity contribution in [2.75, 3.05) is 0 Å². The molecule has 4 aromatic rings. The van der Waals surface area contributed by atoms with Gasteiger partial charge in [0.2, 0.25) is 0 Å². The van der Waals surface area contributed by atoms with Crippen molar-refractivity contribution in [3.8, 4) is 28.2 Å². The standard InChI is InChI=1S/C38H38N2.C6H14/c1-2-10-26(11-3-1)32-24-35(27-12-4-5-13-27)37(36(25-32)28-14-6-7-15-28)40-21-20-39-38(40)31-19-18-30-22-29-16-8-9-17-33(29)34(30)23-31;1-5(2)6(3)4/h1-3,9-11,17-21,23-25,27-28H,4-8,12-16,22H2;5-6H,1-4H3. The van der Waals surface area contributed by atoms with Crippen LogP contribution in [0.2, 0.25) is 0 Å². The van der Waals surface area contributed by atoms with Gasteiger partial charge in [-0.05, 0) is 126 Å². The lowest BCUT2D eigenvalue weighted by Crippen LogP contribution is -2.11. The number of fused-ring (bicyclic) bond motifs is 2. The predicted octanol–water partition coefficient (Wildman–Crippen LogP) is 12.5. The van der Waals surface area contributed by atoms with Crippen molar-refractivity contribution in [2.24, 2.45) is 11.8 Å². The second-order valence-electron chi connectivity index (χ2n) is 14.9. The highest BCUT2D eigenvalue weighted by Crippen LogP contribution is 2.47. The minimum atomic E-state index is 0.620. The maximum Gasteiger partial charge on any atom is 0.144 e. The van der Waals surface area contributed by atoms with Crippen LogP contribution in [0.4, 0.5) is 0 Å². The molecule has 8 rings (SSSR count). The van der Waals surface area contributed by atoms with Crippen LogP contribution in [0.25, 0.3) is 33.8 Å². The second kappa shape index (κ2) is 13.6. The Kier molecular flexibility index (Phi) is 9.16. The molecular formula is C44H52N2. The summed E-state index contributed by atoms with van der Waals surface area (Å²) in [6.45, 7) is 8.96. The number of benzene rings is 3. The molecule has 2 heteroatoms. The third-order valence-corrected chi connectivity index (χ3v) is 11.4. The van der Waals surface area contributed by atoms with Crippen LogP contribution >= 0.6 is 0 Å². The highest BCUT2D eigenvalue weighted by atomic mass is 15.1. The average Bonchev–Trinajstić information content (AvgIpc) is 3.91. The minimum absolute atomic E-state index is 0.620. The Bertz CT molecular complexity index is 1680. The molecule has 1 aromatic heterocycles. The summed E-state index contributed by atoms with van der Waals surface area (Å²) in [6, 6.07) is 23.2. The van der Waals surface area contributed by atoms with Gasteiger partial charge in [-0.3, -0.25) is 4.57 Å². The van der Waals surface area contributed by atoms with Gasteiger partial charge >= 0.3 is 0 Å². The summed E-state index contributed by atoms with van der Waals surface area (Å²) < 4.78 is 2.47. The average molecular weight is 609 g/mol.